The molecule has 1 aromatic rings. The van der Waals surface area contributed by atoms with Crippen LogP contribution in [-0.2, 0) is 11.2 Å². The summed E-state index contributed by atoms with van der Waals surface area (Å²) in [6.45, 7) is 6.32. The summed E-state index contributed by atoms with van der Waals surface area (Å²) in [6, 6.07) is 7.87. The van der Waals surface area contributed by atoms with E-state index in [2.05, 4.69) is 22.2 Å². The van der Waals surface area contributed by atoms with Crippen molar-refractivity contribution in [2.24, 2.45) is 0 Å². The van der Waals surface area contributed by atoms with Crippen LogP contribution >= 0.6 is 0 Å². The first-order chi connectivity index (χ1) is 10.7. The second-order valence-corrected chi connectivity index (χ2v) is 6.21. The first-order valence-electron chi connectivity index (χ1n) is 8.15. The minimum atomic E-state index is -0.360. The quantitative estimate of drug-likeness (QED) is 0.815. The number of para-hydroxylation sites is 1. The van der Waals surface area contributed by atoms with Crippen molar-refractivity contribution < 1.29 is 9.53 Å². The number of hydrogen-bond acceptors (Lipinski definition) is 4. The Hall–Kier alpha value is -1.59. The molecule has 5 heteroatoms. The molecule has 1 unspecified atom stereocenters. The Balaban J connectivity index is 1.34. The van der Waals surface area contributed by atoms with Crippen LogP contribution in [-0.4, -0.2) is 68.1 Å². The van der Waals surface area contributed by atoms with E-state index in [0.717, 1.165) is 57.0 Å². The number of carbonyl (C=O) groups is 1. The van der Waals surface area contributed by atoms with Gasteiger partial charge in [-0.05, 0) is 31.6 Å². The first-order valence-corrected chi connectivity index (χ1v) is 8.15. The Kier molecular flexibility index (Phi) is 4.95. The minimum Gasteiger partial charge on any atom is -0.480 e. The topological polar surface area (TPSA) is 44.8 Å². The first kappa shape index (κ1) is 15.3. The maximum Gasteiger partial charge on any atom is 0.261 e. The molecule has 1 N–H and O–H groups in total. The van der Waals surface area contributed by atoms with Gasteiger partial charge in [-0.15, -0.1) is 0 Å². The fraction of sp³-hybridized carbons (Fsp3) is 0.588. The second-order valence-electron chi connectivity index (χ2n) is 6.21. The molecule has 120 valence electrons. The van der Waals surface area contributed by atoms with Crippen molar-refractivity contribution in [2.75, 3.05) is 46.3 Å². The molecular weight excluding hydrogens is 278 g/mol. The zero-order valence-electron chi connectivity index (χ0n) is 13.3. The van der Waals surface area contributed by atoms with Crippen molar-refractivity contribution in [3.05, 3.63) is 29.8 Å². The van der Waals surface area contributed by atoms with Crippen LogP contribution in [0.1, 0.15) is 12.0 Å². The molecule has 0 aromatic heterocycles. The van der Waals surface area contributed by atoms with Crippen LogP contribution < -0.4 is 10.1 Å². The SMILES string of the molecule is CN1CCN(CCCNC(=O)C2Cc3ccccc3O2)CC1. The summed E-state index contributed by atoms with van der Waals surface area (Å²) >= 11 is 0. The zero-order chi connectivity index (χ0) is 15.4. The van der Waals surface area contributed by atoms with Gasteiger partial charge in [-0.1, -0.05) is 18.2 Å². The van der Waals surface area contributed by atoms with E-state index in [1.807, 2.05) is 24.3 Å². The van der Waals surface area contributed by atoms with Gasteiger partial charge in [0.2, 0.25) is 0 Å². The fourth-order valence-corrected chi connectivity index (χ4v) is 3.03. The predicted molar refractivity (Wildman–Crippen MR) is 86.1 cm³/mol. The van der Waals surface area contributed by atoms with Gasteiger partial charge in [0.15, 0.2) is 6.10 Å². The average molecular weight is 303 g/mol. The highest BCUT2D eigenvalue weighted by Gasteiger charge is 2.28. The number of piperazine rings is 1. The molecule has 2 aliphatic rings. The summed E-state index contributed by atoms with van der Waals surface area (Å²) in [5.74, 6) is 0.856. The third kappa shape index (κ3) is 3.78. The van der Waals surface area contributed by atoms with Gasteiger partial charge in [-0.3, -0.25) is 4.79 Å². The van der Waals surface area contributed by atoms with Crippen molar-refractivity contribution in [1.29, 1.82) is 0 Å². The molecule has 0 spiro atoms. The van der Waals surface area contributed by atoms with Crippen molar-refractivity contribution >= 4 is 5.91 Å². The van der Waals surface area contributed by atoms with Crippen LogP contribution in [0.3, 0.4) is 0 Å². The van der Waals surface area contributed by atoms with E-state index in [1.54, 1.807) is 0 Å². The molecule has 5 nitrogen and oxygen atoms in total. The average Bonchev–Trinajstić information content (AvgIpc) is 2.97. The molecule has 0 radical (unpaired) electrons. The van der Waals surface area contributed by atoms with Gasteiger partial charge in [0, 0.05) is 39.1 Å². The molecule has 2 aliphatic heterocycles. The van der Waals surface area contributed by atoms with Crippen LogP contribution in [0.5, 0.6) is 5.75 Å². The highest BCUT2D eigenvalue weighted by atomic mass is 16.5. The number of amides is 1. The van der Waals surface area contributed by atoms with E-state index >= 15 is 0 Å². The van der Waals surface area contributed by atoms with Crippen LogP contribution in [0.15, 0.2) is 24.3 Å². The summed E-state index contributed by atoms with van der Waals surface area (Å²) in [6.07, 6.45) is 1.32. The Labute approximate surface area is 132 Å². The monoisotopic (exact) mass is 303 g/mol. The largest absolute Gasteiger partial charge is 0.480 e. The molecular formula is C17H25N3O2. The highest BCUT2D eigenvalue weighted by molar-refractivity contribution is 5.82. The summed E-state index contributed by atoms with van der Waals surface area (Å²) in [7, 11) is 2.16. The lowest BCUT2D eigenvalue weighted by Crippen LogP contribution is -2.45. The normalized spacial score (nSPS) is 22.1. The molecule has 1 atom stereocenters. The maximum atomic E-state index is 12.2. The van der Waals surface area contributed by atoms with Crippen LogP contribution in [0, 0.1) is 0 Å². The number of hydrogen-bond donors (Lipinski definition) is 1. The van der Waals surface area contributed by atoms with Gasteiger partial charge >= 0.3 is 0 Å². The number of rotatable bonds is 5. The molecule has 1 saturated heterocycles. The van der Waals surface area contributed by atoms with Crippen LogP contribution in [0.2, 0.25) is 0 Å². The van der Waals surface area contributed by atoms with Crippen LogP contribution in [0.25, 0.3) is 0 Å². The Morgan fingerprint density at radius 3 is 2.82 bits per heavy atom. The molecule has 2 heterocycles. The Morgan fingerprint density at radius 1 is 1.27 bits per heavy atom. The zero-order valence-corrected chi connectivity index (χ0v) is 13.3. The molecule has 0 saturated carbocycles. The van der Waals surface area contributed by atoms with Gasteiger partial charge in [0.25, 0.3) is 5.91 Å². The lowest BCUT2D eigenvalue weighted by molar-refractivity contribution is -0.127. The predicted octanol–water partition coefficient (Wildman–Crippen LogP) is 0.744. The van der Waals surface area contributed by atoms with Crippen molar-refractivity contribution in [3.8, 4) is 5.75 Å². The number of ether oxygens (including phenoxy) is 1. The van der Waals surface area contributed by atoms with E-state index in [0.29, 0.717) is 6.42 Å². The van der Waals surface area contributed by atoms with Gasteiger partial charge < -0.3 is 19.9 Å². The summed E-state index contributed by atoms with van der Waals surface area (Å²) < 4.78 is 5.70. The number of benzene rings is 1. The van der Waals surface area contributed by atoms with Gasteiger partial charge in [0.05, 0.1) is 0 Å². The van der Waals surface area contributed by atoms with E-state index in [4.69, 9.17) is 4.74 Å². The van der Waals surface area contributed by atoms with E-state index in [1.165, 1.54) is 0 Å². The number of nitrogens with zero attached hydrogens (tertiary/aromatic N) is 2. The summed E-state index contributed by atoms with van der Waals surface area (Å²) in [5.41, 5.74) is 1.13. The maximum absolute atomic E-state index is 12.2. The summed E-state index contributed by atoms with van der Waals surface area (Å²) in [4.78, 5) is 17.0. The molecule has 0 bridgehead atoms. The standard InChI is InChI=1S/C17H25N3O2/c1-19-9-11-20(12-10-19)8-4-7-18-17(21)16-13-14-5-2-3-6-15(14)22-16/h2-3,5-6,16H,4,7-13H2,1H3,(H,18,21). The van der Waals surface area contributed by atoms with E-state index in [9.17, 15) is 4.79 Å². The molecule has 1 amide bonds. The lowest BCUT2D eigenvalue weighted by atomic mass is 10.1. The second kappa shape index (κ2) is 7.11. The van der Waals surface area contributed by atoms with Crippen molar-refractivity contribution in [3.63, 3.8) is 0 Å². The number of likely N-dealkylation sites (N-methyl/N-ethyl adjacent to an activating group) is 1. The van der Waals surface area contributed by atoms with Crippen LogP contribution in [0.4, 0.5) is 0 Å². The molecule has 0 aliphatic carbocycles. The fourth-order valence-electron chi connectivity index (χ4n) is 3.03. The number of nitrogens with one attached hydrogen (secondary N) is 1. The minimum absolute atomic E-state index is 0.00887. The number of fused-ring (bicyclic) bond motifs is 1. The lowest BCUT2D eigenvalue weighted by Gasteiger charge is -2.32. The van der Waals surface area contributed by atoms with Gasteiger partial charge in [-0.2, -0.15) is 0 Å². The number of carbonyl (C=O) groups excluding carboxylic acids is 1. The molecule has 22 heavy (non-hydrogen) atoms. The Bertz CT molecular complexity index is 487. The smallest absolute Gasteiger partial charge is 0.261 e. The van der Waals surface area contributed by atoms with Gasteiger partial charge in [0.1, 0.15) is 5.75 Å². The molecule has 1 aromatic carbocycles. The van der Waals surface area contributed by atoms with Crippen molar-refractivity contribution in [2.45, 2.75) is 18.9 Å². The van der Waals surface area contributed by atoms with Crippen molar-refractivity contribution in [1.82, 2.24) is 15.1 Å². The van der Waals surface area contributed by atoms with E-state index in [-0.39, 0.29) is 12.0 Å². The van der Waals surface area contributed by atoms with E-state index < -0.39 is 0 Å². The molecule has 3 rings (SSSR count). The third-order valence-electron chi connectivity index (χ3n) is 4.49. The molecule has 1 fully saturated rings. The Morgan fingerprint density at radius 2 is 2.05 bits per heavy atom. The van der Waals surface area contributed by atoms with Gasteiger partial charge in [-0.25, -0.2) is 0 Å². The highest BCUT2D eigenvalue weighted by Crippen LogP contribution is 2.27. The third-order valence-corrected chi connectivity index (χ3v) is 4.49. The summed E-state index contributed by atoms with van der Waals surface area (Å²) in [5, 5.41) is 3.01.